The van der Waals surface area contributed by atoms with Crippen LogP contribution in [0.25, 0.3) is 0 Å². The average Bonchev–Trinajstić information content (AvgIpc) is 2.43. The molecule has 0 radical (unpaired) electrons. The average molecular weight is 305 g/mol. The van der Waals surface area contributed by atoms with Crippen LogP contribution >= 0.6 is 11.6 Å². The molecule has 0 aliphatic rings. The molecule has 0 heterocycles. The molecule has 0 saturated heterocycles. The number of nitro benzene ring substituents is 1. The minimum Gasteiger partial charge on any atom is -0.321 e. The molecule has 0 bridgehead atoms. The van der Waals surface area contributed by atoms with Crippen LogP contribution in [0.15, 0.2) is 36.4 Å². The first-order valence-corrected chi connectivity index (χ1v) is 6.59. The van der Waals surface area contributed by atoms with E-state index in [9.17, 15) is 14.9 Å². The number of benzene rings is 2. The maximum absolute atomic E-state index is 12.3. The van der Waals surface area contributed by atoms with Gasteiger partial charge in [0.15, 0.2) is 0 Å². The standard InChI is InChI=1S/C15H13ClN2O3/c1-9-4-3-5-10(2)14(9)17-15(19)12-8-11(18(20)21)6-7-13(12)16/h3-8H,1-2H3,(H,17,19). The zero-order valence-electron chi connectivity index (χ0n) is 11.5. The van der Waals surface area contributed by atoms with Crippen molar-refractivity contribution in [2.75, 3.05) is 5.32 Å². The predicted octanol–water partition coefficient (Wildman–Crippen LogP) is 4.12. The van der Waals surface area contributed by atoms with Gasteiger partial charge >= 0.3 is 0 Å². The molecule has 21 heavy (non-hydrogen) atoms. The van der Waals surface area contributed by atoms with Crippen LogP contribution in [-0.2, 0) is 0 Å². The van der Waals surface area contributed by atoms with Crippen LogP contribution in [0.5, 0.6) is 0 Å². The molecule has 1 amide bonds. The Bertz CT molecular complexity index is 709. The highest BCUT2D eigenvalue weighted by atomic mass is 35.5. The number of hydrogen-bond acceptors (Lipinski definition) is 3. The van der Waals surface area contributed by atoms with Gasteiger partial charge in [-0.25, -0.2) is 0 Å². The maximum atomic E-state index is 12.3. The first kappa shape index (κ1) is 15.0. The van der Waals surface area contributed by atoms with Crippen LogP contribution in [0.2, 0.25) is 5.02 Å². The Morgan fingerprint density at radius 2 is 1.81 bits per heavy atom. The number of nitrogens with one attached hydrogen (secondary N) is 1. The lowest BCUT2D eigenvalue weighted by Gasteiger charge is -2.12. The summed E-state index contributed by atoms with van der Waals surface area (Å²) in [5, 5.41) is 13.7. The number of carbonyl (C=O) groups is 1. The quantitative estimate of drug-likeness (QED) is 0.685. The highest BCUT2D eigenvalue weighted by molar-refractivity contribution is 6.34. The summed E-state index contributed by atoms with van der Waals surface area (Å²) in [5.41, 5.74) is 2.40. The van der Waals surface area contributed by atoms with E-state index in [0.717, 1.165) is 11.1 Å². The molecule has 2 aromatic carbocycles. The molecule has 6 heteroatoms. The SMILES string of the molecule is Cc1cccc(C)c1NC(=O)c1cc([N+](=O)[O-])ccc1Cl. The Morgan fingerprint density at radius 3 is 2.38 bits per heavy atom. The zero-order valence-corrected chi connectivity index (χ0v) is 12.3. The van der Waals surface area contributed by atoms with Crippen LogP contribution in [0, 0.1) is 24.0 Å². The number of rotatable bonds is 3. The van der Waals surface area contributed by atoms with Gasteiger partial charge in [-0.2, -0.15) is 0 Å². The van der Waals surface area contributed by atoms with Gasteiger partial charge in [0.25, 0.3) is 11.6 Å². The van der Waals surface area contributed by atoms with Crippen LogP contribution in [0.1, 0.15) is 21.5 Å². The Hall–Kier alpha value is -2.40. The lowest BCUT2D eigenvalue weighted by molar-refractivity contribution is -0.384. The number of halogens is 1. The molecular formula is C15H13ClN2O3. The first-order valence-electron chi connectivity index (χ1n) is 6.21. The summed E-state index contributed by atoms with van der Waals surface area (Å²) in [7, 11) is 0. The van der Waals surface area contributed by atoms with E-state index in [1.807, 2.05) is 32.0 Å². The smallest absolute Gasteiger partial charge is 0.270 e. The van der Waals surface area contributed by atoms with Gasteiger partial charge in [-0.15, -0.1) is 0 Å². The minimum absolute atomic E-state index is 0.0773. The van der Waals surface area contributed by atoms with Gasteiger partial charge in [0.2, 0.25) is 0 Å². The molecule has 0 fully saturated rings. The van der Waals surface area contributed by atoms with E-state index < -0.39 is 10.8 Å². The molecule has 1 N–H and O–H groups in total. The van der Waals surface area contributed by atoms with E-state index in [4.69, 9.17) is 11.6 Å². The number of carbonyl (C=O) groups excluding carboxylic acids is 1. The van der Waals surface area contributed by atoms with Crippen molar-refractivity contribution >= 4 is 28.9 Å². The van der Waals surface area contributed by atoms with Gasteiger partial charge in [-0.3, -0.25) is 14.9 Å². The number of aryl methyl sites for hydroxylation is 2. The molecule has 0 spiro atoms. The normalized spacial score (nSPS) is 10.2. The van der Waals surface area contributed by atoms with E-state index in [-0.39, 0.29) is 16.3 Å². The van der Waals surface area contributed by atoms with Crippen molar-refractivity contribution < 1.29 is 9.72 Å². The summed E-state index contributed by atoms with van der Waals surface area (Å²) in [6.07, 6.45) is 0. The molecule has 5 nitrogen and oxygen atoms in total. The van der Waals surface area contributed by atoms with Crippen molar-refractivity contribution in [2.24, 2.45) is 0 Å². The molecule has 0 aromatic heterocycles. The van der Waals surface area contributed by atoms with Gasteiger partial charge in [0, 0.05) is 17.8 Å². The molecule has 0 saturated carbocycles. The maximum Gasteiger partial charge on any atom is 0.270 e. The van der Waals surface area contributed by atoms with Crippen molar-refractivity contribution in [2.45, 2.75) is 13.8 Å². The van der Waals surface area contributed by atoms with Crippen LogP contribution in [0.4, 0.5) is 11.4 Å². The largest absolute Gasteiger partial charge is 0.321 e. The lowest BCUT2D eigenvalue weighted by Crippen LogP contribution is -2.14. The third-order valence-corrected chi connectivity index (χ3v) is 3.45. The first-order chi connectivity index (χ1) is 9.90. The fourth-order valence-corrected chi connectivity index (χ4v) is 2.20. The number of amides is 1. The third-order valence-electron chi connectivity index (χ3n) is 3.13. The number of nitro groups is 1. The van der Waals surface area contributed by atoms with Crippen molar-refractivity contribution in [3.05, 3.63) is 68.2 Å². The minimum atomic E-state index is -0.563. The molecule has 0 unspecified atom stereocenters. The van der Waals surface area contributed by atoms with Gasteiger partial charge in [0.05, 0.1) is 15.5 Å². The second-order valence-corrected chi connectivity index (χ2v) is 5.05. The van der Waals surface area contributed by atoms with E-state index in [1.54, 1.807) is 0 Å². The Balaban J connectivity index is 2.37. The predicted molar refractivity (Wildman–Crippen MR) is 82.0 cm³/mol. The molecule has 0 atom stereocenters. The van der Waals surface area contributed by atoms with E-state index in [2.05, 4.69) is 5.32 Å². The zero-order chi connectivity index (χ0) is 15.6. The van der Waals surface area contributed by atoms with Crippen molar-refractivity contribution in [3.63, 3.8) is 0 Å². The summed E-state index contributed by atoms with van der Waals surface area (Å²) >= 11 is 5.96. The number of hydrogen-bond donors (Lipinski definition) is 1. The van der Waals surface area contributed by atoms with Gasteiger partial charge in [0.1, 0.15) is 0 Å². The van der Waals surface area contributed by atoms with Crippen molar-refractivity contribution in [1.82, 2.24) is 0 Å². The monoisotopic (exact) mass is 304 g/mol. The number of non-ortho nitro benzene ring substituents is 1. The summed E-state index contributed by atoms with van der Waals surface area (Å²) in [6.45, 7) is 3.75. The molecule has 2 rings (SSSR count). The Kier molecular flexibility index (Phi) is 4.23. The topological polar surface area (TPSA) is 72.2 Å². The summed E-state index contributed by atoms with van der Waals surface area (Å²) in [5.74, 6) is -0.471. The number of anilines is 1. The Morgan fingerprint density at radius 1 is 1.19 bits per heavy atom. The molecule has 108 valence electrons. The fourth-order valence-electron chi connectivity index (χ4n) is 1.99. The highest BCUT2D eigenvalue weighted by Crippen LogP contribution is 2.25. The number of nitrogens with zero attached hydrogens (tertiary/aromatic N) is 1. The second-order valence-electron chi connectivity index (χ2n) is 4.64. The molecule has 0 aliphatic heterocycles. The number of para-hydroxylation sites is 1. The van der Waals surface area contributed by atoms with E-state index in [0.29, 0.717) is 5.69 Å². The van der Waals surface area contributed by atoms with Gasteiger partial charge in [-0.1, -0.05) is 29.8 Å². The highest BCUT2D eigenvalue weighted by Gasteiger charge is 2.17. The van der Waals surface area contributed by atoms with Crippen LogP contribution in [-0.4, -0.2) is 10.8 Å². The molecule has 2 aromatic rings. The van der Waals surface area contributed by atoms with Crippen LogP contribution < -0.4 is 5.32 Å². The lowest BCUT2D eigenvalue weighted by atomic mass is 10.1. The van der Waals surface area contributed by atoms with Crippen molar-refractivity contribution in [3.8, 4) is 0 Å². The molecule has 0 aliphatic carbocycles. The van der Waals surface area contributed by atoms with Gasteiger partial charge < -0.3 is 5.32 Å². The van der Waals surface area contributed by atoms with Crippen LogP contribution in [0.3, 0.4) is 0 Å². The van der Waals surface area contributed by atoms with E-state index in [1.165, 1.54) is 18.2 Å². The summed E-state index contributed by atoms with van der Waals surface area (Å²) in [6, 6.07) is 9.42. The molecular weight excluding hydrogens is 292 g/mol. The second kappa shape index (κ2) is 5.93. The fraction of sp³-hybridized carbons (Fsp3) is 0.133. The van der Waals surface area contributed by atoms with Crippen molar-refractivity contribution in [1.29, 1.82) is 0 Å². The Labute approximate surface area is 126 Å². The summed E-state index contributed by atoms with van der Waals surface area (Å²) in [4.78, 5) is 22.5. The third kappa shape index (κ3) is 3.20. The summed E-state index contributed by atoms with van der Waals surface area (Å²) < 4.78 is 0. The van der Waals surface area contributed by atoms with Gasteiger partial charge in [-0.05, 0) is 31.0 Å². The van der Waals surface area contributed by atoms with E-state index >= 15 is 0 Å².